The van der Waals surface area contributed by atoms with Crippen LogP contribution in [0.15, 0.2) is 249 Å². The van der Waals surface area contributed by atoms with Crippen molar-refractivity contribution in [2.24, 2.45) is 0 Å². The van der Waals surface area contributed by atoms with Gasteiger partial charge in [0.2, 0.25) is 23.3 Å². The molecule has 0 atom stereocenters. The summed E-state index contributed by atoms with van der Waals surface area (Å²) in [5.41, 5.74) is 8.14. The van der Waals surface area contributed by atoms with Crippen LogP contribution in [0.5, 0.6) is 0 Å². The largest absolute Gasteiger partial charge is 0.208 e. The number of hydrogen-bond donors (Lipinski definition) is 0. The Bertz CT molecular complexity index is 4120. The Morgan fingerprint density at radius 1 is 0.158 bits per heavy atom. The van der Waals surface area contributed by atoms with Crippen LogP contribution in [0.2, 0.25) is 0 Å². The van der Waals surface area contributed by atoms with Crippen LogP contribution in [-0.2, 0) is 0 Å². The summed E-state index contributed by atoms with van der Waals surface area (Å²) in [6, 6.07) is 85.3. The van der Waals surface area contributed by atoms with E-state index < -0.39 is 0 Å². The Morgan fingerprint density at radius 3 is 0.750 bits per heavy atom. The summed E-state index contributed by atoms with van der Waals surface area (Å²) < 4.78 is 0. The quantitative estimate of drug-likeness (QED) is 0.130. The van der Waals surface area contributed by atoms with Gasteiger partial charge in [-0.05, 0) is 108 Å². The van der Waals surface area contributed by atoms with Crippen LogP contribution < -0.4 is 0 Å². The lowest BCUT2D eigenvalue weighted by Crippen LogP contribution is -2.08. The molecule has 0 N–H and O–H groups in total. The lowest BCUT2D eigenvalue weighted by molar-refractivity contribution is 0.978. The second kappa shape index (κ2) is 18.8. The van der Waals surface area contributed by atoms with Crippen molar-refractivity contribution >= 4 is 43.1 Å². The summed E-state index contributed by atoms with van der Waals surface area (Å²) in [6.07, 6.45) is 0. The highest BCUT2D eigenvalue weighted by Crippen LogP contribution is 2.40. The van der Waals surface area contributed by atoms with Crippen LogP contribution in [-0.4, -0.2) is 44.9 Å². The van der Waals surface area contributed by atoms with Crippen LogP contribution in [0.25, 0.3) is 146 Å². The normalized spacial score (nSPS) is 11.4. The van der Waals surface area contributed by atoms with Gasteiger partial charge in [-0.15, -0.1) is 0 Å². The van der Waals surface area contributed by atoms with Gasteiger partial charge in [0.15, 0.2) is 29.1 Å². The third kappa shape index (κ3) is 8.43. The molecule has 76 heavy (non-hydrogen) atoms. The SMILES string of the molecule is c1ccc(-c2nc(-c3ccccc3)nc(-c3nc(-c4cc(-c5cccc6cc7ccccc7cc56)cc(-c5cccc6cc7ccccc7cc56)c4)nc(-c4nc(-c5ccccc5)nc(-c5ccccc5)n4)n3)n2)cc1. The van der Waals surface area contributed by atoms with E-state index in [2.05, 4.69) is 127 Å². The molecular formula is C67H41N9. The molecule has 0 amide bonds. The minimum Gasteiger partial charge on any atom is -0.208 e. The van der Waals surface area contributed by atoms with Gasteiger partial charge in [0.25, 0.3) is 0 Å². The molecule has 0 aliphatic rings. The molecule has 0 aliphatic carbocycles. The Labute approximate surface area is 437 Å². The molecule has 14 rings (SSSR count). The number of benzene rings is 11. The van der Waals surface area contributed by atoms with Crippen LogP contribution >= 0.6 is 0 Å². The predicted molar refractivity (Wildman–Crippen MR) is 306 cm³/mol. The zero-order valence-electron chi connectivity index (χ0n) is 40.7. The minimum atomic E-state index is 0.222. The van der Waals surface area contributed by atoms with E-state index in [1.807, 2.05) is 121 Å². The van der Waals surface area contributed by atoms with E-state index in [0.717, 1.165) is 82.4 Å². The third-order valence-corrected chi connectivity index (χ3v) is 13.7. The number of aromatic nitrogens is 9. The average molecular weight is 972 g/mol. The Morgan fingerprint density at radius 2 is 0.408 bits per heavy atom. The molecule has 0 radical (unpaired) electrons. The minimum absolute atomic E-state index is 0.222. The molecule has 0 unspecified atom stereocenters. The zero-order valence-corrected chi connectivity index (χ0v) is 40.7. The molecule has 0 aliphatic heterocycles. The molecule has 14 aromatic rings. The first kappa shape index (κ1) is 44.2. The zero-order chi connectivity index (χ0) is 50.4. The summed E-state index contributed by atoms with van der Waals surface area (Å²) in [5.74, 6) is 3.24. The highest BCUT2D eigenvalue weighted by Gasteiger charge is 2.23. The fraction of sp³-hybridized carbons (Fsp3) is 0. The van der Waals surface area contributed by atoms with Crippen molar-refractivity contribution in [1.29, 1.82) is 0 Å². The van der Waals surface area contributed by atoms with Crippen molar-refractivity contribution < 1.29 is 0 Å². The molecule has 354 valence electrons. The molecule has 0 bridgehead atoms. The van der Waals surface area contributed by atoms with Crippen molar-refractivity contribution in [3.8, 4) is 102 Å². The number of rotatable bonds is 9. The van der Waals surface area contributed by atoms with Gasteiger partial charge in [-0.25, -0.2) is 44.9 Å². The summed E-state index contributed by atoms with van der Waals surface area (Å²) in [6.45, 7) is 0. The van der Waals surface area contributed by atoms with E-state index in [1.165, 1.54) is 10.8 Å². The first-order chi connectivity index (χ1) is 37.6. The molecule has 0 saturated carbocycles. The highest BCUT2D eigenvalue weighted by molar-refractivity contribution is 6.08. The smallest absolute Gasteiger partial charge is 0.202 e. The third-order valence-electron chi connectivity index (χ3n) is 13.7. The van der Waals surface area contributed by atoms with Crippen LogP contribution in [0.4, 0.5) is 0 Å². The van der Waals surface area contributed by atoms with Gasteiger partial charge in [0, 0.05) is 27.8 Å². The fourth-order valence-electron chi connectivity index (χ4n) is 10.0. The van der Waals surface area contributed by atoms with E-state index in [0.29, 0.717) is 29.1 Å². The molecule has 9 heteroatoms. The van der Waals surface area contributed by atoms with Crippen molar-refractivity contribution in [2.45, 2.75) is 0 Å². The van der Waals surface area contributed by atoms with Gasteiger partial charge in [-0.3, -0.25) is 0 Å². The van der Waals surface area contributed by atoms with Gasteiger partial charge in [0.05, 0.1) is 0 Å². The number of hydrogen-bond acceptors (Lipinski definition) is 9. The lowest BCUT2D eigenvalue weighted by atomic mass is 9.90. The first-order valence-corrected chi connectivity index (χ1v) is 25.1. The van der Waals surface area contributed by atoms with Crippen LogP contribution in [0, 0.1) is 0 Å². The number of nitrogens with zero attached hydrogens (tertiary/aromatic N) is 9. The molecular weight excluding hydrogens is 931 g/mol. The molecule has 3 aromatic heterocycles. The van der Waals surface area contributed by atoms with Gasteiger partial charge >= 0.3 is 0 Å². The topological polar surface area (TPSA) is 116 Å². The Hall–Kier alpha value is -10.5. The fourth-order valence-corrected chi connectivity index (χ4v) is 10.0. The second-order valence-electron chi connectivity index (χ2n) is 18.6. The molecule has 9 nitrogen and oxygen atoms in total. The Balaban J connectivity index is 1.06. The van der Waals surface area contributed by atoms with Crippen molar-refractivity contribution in [3.05, 3.63) is 249 Å². The van der Waals surface area contributed by atoms with E-state index in [9.17, 15) is 0 Å². The first-order valence-electron chi connectivity index (χ1n) is 25.1. The summed E-state index contributed by atoms with van der Waals surface area (Å²) in [5, 5.41) is 9.23. The molecule has 11 aromatic carbocycles. The highest BCUT2D eigenvalue weighted by atomic mass is 15.1. The second-order valence-corrected chi connectivity index (χ2v) is 18.6. The summed E-state index contributed by atoms with van der Waals surface area (Å²) in [4.78, 5) is 46.4. The molecule has 3 heterocycles. The lowest BCUT2D eigenvalue weighted by Gasteiger charge is -2.15. The predicted octanol–water partition coefficient (Wildman–Crippen LogP) is 15.9. The van der Waals surface area contributed by atoms with Crippen LogP contribution in [0.3, 0.4) is 0 Å². The van der Waals surface area contributed by atoms with Crippen LogP contribution in [0.1, 0.15) is 0 Å². The van der Waals surface area contributed by atoms with E-state index in [4.69, 9.17) is 44.9 Å². The van der Waals surface area contributed by atoms with Crippen molar-refractivity contribution in [3.63, 3.8) is 0 Å². The van der Waals surface area contributed by atoms with Crippen molar-refractivity contribution in [2.75, 3.05) is 0 Å². The van der Waals surface area contributed by atoms with Gasteiger partial charge in [-0.1, -0.05) is 206 Å². The monoisotopic (exact) mass is 971 g/mol. The van der Waals surface area contributed by atoms with E-state index >= 15 is 0 Å². The van der Waals surface area contributed by atoms with Gasteiger partial charge in [-0.2, -0.15) is 0 Å². The standard InChI is InChI=1S/C67H41N9/c1-5-19-42(20-6-1)59-68-60(43-21-7-2-8-22-43)71-64(70-59)66-74-63(75-67(76-66)65-72-61(44-23-9-3-10-24-44)69-62(73-65)45-25-11-4-12-26-45)54-38-52(55-33-17-31-50-35-46-27-13-15-29-48(46)40-57(50)55)37-53(39-54)56-34-18-32-51-36-47-28-14-16-30-49(47)41-58(51)56/h1-41H. The maximum Gasteiger partial charge on any atom is 0.202 e. The maximum atomic E-state index is 5.36. The summed E-state index contributed by atoms with van der Waals surface area (Å²) in [7, 11) is 0. The average Bonchev–Trinajstić information content (AvgIpc) is 3.50. The Kier molecular flexibility index (Phi) is 11.0. The number of fused-ring (bicyclic) bond motifs is 4. The van der Waals surface area contributed by atoms with E-state index in [-0.39, 0.29) is 23.3 Å². The molecule has 0 fully saturated rings. The summed E-state index contributed by atoms with van der Waals surface area (Å²) >= 11 is 0. The molecule has 0 saturated heterocycles. The van der Waals surface area contributed by atoms with Gasteiger partial charge < -0.3 is 0 Å². The van der Waals surface area contributed by atoms with Crippen molar-refractivity contribution in [1.82, 2.24) is 44.9 Å². The van der Waals surface area contributed by atoms with E-state index in [1.54, 1.807) is 0 Å². The molecule has 0 spiro atoms. The van der Waals surface area contributed by atoms with Gasteiger partial charge in [0.1, 0.15) is 0 Å². The maximum absolute atomic E-state index is 5.36.